The molecule has 2 aliphatic rings. The molecule has 8 nitrogen and oxygen atoms in total. The molecule has 2 aromatic heterocycles. The summed E-state index contributed by atoms with van der Waals surface area (Å²) in [7, 11) is 0. The van der Waals surface area contributed by atoms with Gasteiger partial charge in [0.1, 0.15) is 5.76 Å². The number of amides is 1. The van der Waals surface area contributed by atoms with Crippen LogP contribution in [0, 0.1) is 6.92 Å². The smallest absolute Gasteiger partial charge is 0.229 e. The second-order valence-corrected chi connectivity index (χ2v) is 7.08. The van der Waals surface area contributed by atoms with Crippen LogP contribution in [0.2, 0.25) is 0 Å². The van der Waals surface area contributed by atoms with Crippen molar-refractivity contribution in [3.63, 3.8) is 0 Å². The fourth-order valence-electron chi connectivity index (χ4n) is 3.41. The zero-order chi connectivity index (χ0) is 17.4. The van der Waals surface area contributed by atoms with Gasteiger partial charge in [0, 0.05) is 44.6 Å². The molecular weight excluding hydrogens is 322 g/mol. The van der Waals surface area contributed by atoms with E-state index < -0.39 is 0 Å². The lowest BCUT2D eigenvalue weighted by molar-refractivity contribution is -0.131. The third-order valence-electron chi connectivity index (χ3n) is 4.88. The van der Waals surface area contributed by atoms with E-state index in [2.05, 4.69) is 20.2 Å². The van der Waals surface area contributed by atoms with Crippen molar-refractivity contribution < 1.29 is 13.8 Å². The molecule has 1 saturated heterocycles. The molecule has 25 heavy (non-hydrogen) atoms. The van der Waals surface area contributed by atoms with Gasteiger partial charge in [0.25, 0.3) is 0 Å². The highest BCUT2D eigenvalue weighted by Crippen LogP contribution is 2.38. The summed E-state index contributed by atoms with van der Waals surface area (Å²) in [5.74, 6) is 2.61. The molecule has 1 aliphatic carbocycles. The molecule has 1 aliphatic heterocycles. The van der Waals surface area contributed by atoms with E-state index >= 15 is 0 Å². The summed E-state index contributed by atoms with van der Waals surface area (Å²) in [5, 5.41) is 8.09. The van der Waals surface area contributed by atoms with Crippen molar-refractivity contribution in [2.75, 3.05) is 13.1 Å². The molecule has 3 heterocycles. The summed E-state index contributed by atoms with van der Waals surface area (Å²) in [5.41, 5.74) is 0.930. The molecule has 2 aromatic rings. The van der Waals surface area contributed by atoms with Gasteiger partial charge in [-0.25, -0.2) is 0 Å². The standard InChI is InChI=1S/C17H23N5O3/c1-11-7-14(19-24-11)8-21-6-5-15(9-21)22(12(2)23)10-16-18-17(25-20-16)13-3-4-13/h7,13,15H,3-6,8-10H2,1-2H3. The second kappa shape index (κ2) is 6.59. The Balaban J connectivity index is 1.37. The van der Waals surface area contributed by atoms with Crippen LogP contribution in [-0.4, -0.2) is 50.1 Å². The minimum absolute atomic E-state index is 0.0434. The highest BCUT2D eigenvalue weighted by atomic mass is 16.5. The predicted molar refractivity (Wildman–Crippen MR) is 87.4 cm³/mol. The molecule has 0 bridgehead atoms. The van der Waals surface area contributed by atoms with Gasteiger partial charge >= 0.3 is 0 Å². The van der Waals surface area contributed by atoms with Crippen LogP contribution in [-0.2, 0) is 17.9 Å². The Labute approximate surface area is 146 Å². The third-order valence-corrected chi connectivity index (χ3v) is 4.88. The lowest BCUT2D eigenvalue weighted by atomic mass is 10.2. The van der Waals surface area contributed by atoms with Crippen molar-refractivity contribution in [1.29, 1.82) is 0 Å². The summed E-state index contributed by atoms with van der Waals surface area (Å²) in [6.45, 7) is 6.40. The van der Waals surface area contributed by atoms with Crippen LogP contribution in [0.5, 0.6) is 0 Å². The Morgan fingerprint density at radius 3 is 2.84 bits per heavy atom. The Kier molecular flexibility index (Phi) is 4.29. The summed E-state index contributed by atoms with van der Waals surface area (Å²) >= 11 is 0. The molecule has 8 heteroatoms. The zero-order valence-corrected chi connectivity index (χ0v) is 14.6. The van der Waals surface area contributed by atoms with Crippen LogP contribution in [0.3, 0.4) is 0 Å². The zero-order valence-electron chi connectivity index (χ0n) is 14.6. The molecule has 1 atom stereocenters. The van der Waals surface area contributed by atoms with E-state index in [0.29, 0.717) is 24.2 Å². The molecule has 4 rings (SSSR count). The Morgan fingerprint density at radius 1 is 1.32 bits per heavy atom. The Hall–Kier alpha value is -2.22. The van der Waals surface area contributed by atoms with E-state index in [1.54, 1.807) is 6.92 Å². The number of carbonyl (C=O) groups excluding carboxylic acids is 1. The molecule has 1 unspecified atom stereocenters. The summed E-state index contributed by atoms with van der Waals surface area (Å²) < 4.78 is 10.4. The highest BCUT2D eigenvalue weighted by molar-refractivity contribution is 5.73. The van der Waals surface area contributed by atoms with Crippen LogP contribution in [0.25, 0.3) is 0 Å². The Morgan fingerprint density at radius 2 is 2.16 bits per heavy atom. The van der Waals surface area contributed by atoms with E-state index in [1.165, 1.54) is 0 Å². The van der Waals surface area contributed by atoms with Gasteiger partial charge in [-0.05, 0) is 26.2 Å². The van der Waals surface area contributed by atoms with Gasteiger partial charge in [0.2, 0.25) is 11.8 Å². The van der Waals surface area contributed by atoms with Crippen LogP contribution < -0.4 is 0 Å². The lowest BCUT2D eigenvalue weighted by Crippen LogP contribution is -2.40. The predicted octanol–water partition coefficient (Wildman–Crippen LogP) is 1.87. The minimum Gasteiger partial charge on any atom is -0.361 e. The normalized spacial score (nSPS) is 21.0. The van der Waals surface area contributed by atoms with E-state index in [0.717, 1.165) is 50.4 Å². The van der Waals surface area contributed by atoms with Crippen molar-refractivity contribution >= 4 is 5.91 Å². The number of aromatic nitrogens is 3. The molecule has 0 N–H and O–H groups in total. The van der Waals surface area contributed by atoms with Crippen molar-refractivity contribution in [2.45, 2.75) is 58.2 Å². The van der Waals surface area contributed by atoms with Crippen molar-refractivity contribution in [3.8, 4) is 0 Å². The number of aryl methyl sites for hydroxylation is 1. The number of carbonyl (C=O) groups is 1. The maximum atomic E-state index is 12.2. The molecule has 0 radical (unpaired) electrons. The highest BCUT2D eigenvalue weighted by Gasteiger charge is 2.32. The van der Waals surface area contributed by atoms with Gasteiger partial charge in [-0.1, -0.05) is 10.3 Å². The van der Waals surface area contributed by atoms with Gasteiger partial charge < -0.3 is 13.9 Å². The largest absolute Gasteiger partial charge is 0.361 e. The molecule has 134 valence electrons. The monoisotopic (exact) mass is 345 g/mol. The van der Waals surface area contributed by atoms with Gasteiger partial charge in [-0.3, -0.25) is 9.69 Å². The average Bonchev–Trinajstić information content (AvgIpc) is 2.95. The topological polar surface area (TPSA) is 88.5 Å². The molecule has 0 spiro atoms. The maximum absolute atomic E-state index is 12.2. The molecule has 2 fully saturated rings. The van der Waals surface area contributed by atoms with Crippen molar-refractivity contribution in [2.24, 2.45) is 0 Å². The summed E-state index contributed by atoms with van der Waals surface area (Å²) in [6.07, 6.45) is 3.18. The Bertz CT molecular complexity index is 751. The number of hydrogen-bond donors (Lipinski definition) is 0. The molecule has 1 amide bonds. The van der Waals surface area contributed by atoms with Crippen molar-refractivity contribution in [3.05, 3.63) is 29.2 Å². The van der Waals surface area contributed by atoms with Crippen LogP contribution in [0.15, 0.2) is 15.1 Å². The van der Waals surface area contributed by atoms with E-state index in [1.807, 2.05) is 17.9 Å². The SMILES string of the molecule is CC(=O)N(Cc1noc(C2CC2)n1)C1CCN(Cc2cc(C)on2)C1. The number of nitrogens with zero attached hydrogens (tertiary/aromatic N) is 5. The van der Waals surface area contributed by atoms with Gasteiger partial charge in [-0.15, -0.1) is 0 Å². The second-order valence-electron chi connectivity index (χ2n) is 7.08. The molecule has 0 aromatic carbocycles. The average molecular weight is 345 g/mol. The molecular formula is C17H23N5O3. The van der Waals surface area contributed by atoms with Crippen LogP contribution in [0.1, 0.15) is 55.3 Å². The van der Waals surface area contributed by atoms with Crippen LogP contribution in [0.4, 0.5) is 0 Å². The van der Waals surface area contributed by atoms with Gasteiger partial charge in [0.05, 0.1) is 12.2 Å². The number of hydrogen-bond acceptors (Lipinski definition) is 7. The third kappa shape index (κ3) is 3.73. The quantitative estimate of drug-likeness (QED) is 0.789. The fraction of sp³-hybridized carbons (Fsp3) is 0.647. The first-order valence-corrected chi connectivity index (χ1v) is 8.82. The van der Waals surface area contributed by atoms with E-state index in [4.69, 9.17) is 9.05 Å². The molecule has 1 saturated carbocycles. The van der Waals surface area contributed by atoms with Crippen molar-refractivity contribution in [1.82, 2.24) is 25.1 Å². The lowest BCUT2D eigenvalue weighted by Gasteiger charge is -2.26. The summed E-state index contributed by atoms with van der Waals surface area (Å²) in [6, 6.07) is 2.11. The summed E-state index contributed by atoms with van der Waals surface area (Å²) in [4.78, 5) is 20.8. The van der Waals surface area contributed by atoms with E-state index in [-0.39, 0.29) is 11.9 Å². The first kappa shape index (κ1) is 16.3. The fourth-order valence-corrected chi connectivity index (χ4v) is 3.41. The number of rotatable bonds is 6. The van der Waals surface area contributed by atoms with E-state index in [9.17, 15) is 4.79 Å². The van der Waals surface area contributed by atoms with Gasteiger partial charge in [0.15, 0.2) is 5.82 Å². The maximum Gasteiger partial charge on any atom is 0.229 e. The first-order chi connectivity index (χ1) is 12.1. The van der Waals surface area contributed by atoms with Crippen LogP contribution >= 0.6 is 0 Å². The van der Waals surface area contributed by atoms with Gasteiger partial charge in [-0.2, -0.15) is 4.98 Å². The minimum atomic E-state index is 0.0434. The first-order valence-electron chi connectivity index (χ1n) is 8.82. The number of likely N-dealkylation sites (tertiary alicyclic amines) is 1.